The van der Waals surface area contributed by atoms with Crippen LogP contribution in [0.25, 0.3) is 5.69 Å². The number of anilines is 1. The summed E-state index contributed by atoms with van der Waals surface area (Å²) in [4.78, 5) is 10.4. The maximum atomic E-state index is 11.5. The van der Waals surface area contributed by atoms with Gasteiger partial charge in [0.15, 0.2) is 5.69 Å². The average Bonchev–Trinajstić information content (AvgIpc) is 3.01. The van der Waals surface area contributed by atoms with Gasteiger partial charge in [0, 0.05) is 5.69 Å². The molecule has 0 unspecified atom stereocenters. The number of azo groups is 1. The number of carboxylic acids is 1. The van der Waals surface area contributed by atoms with E-state index in [-0.39, 0.29) is 11.4 Å². The number of rotatable bonds is 6. The number of carboxylic acid groups (broad SMARTS) is 1. The molecule has 0 fully saturated rings. The molecule has 0 aliphatic carbocycles. The highest BCUT2D eigenvalue weighted by Gasteiger charge is 2.24. The maximum Gasteiger partial charge on any atom is 0.358 e. The Morgan fingerprint density at radius 1 is 0.969 bits per heavy atom. The van der Waals surface area contributed by atoms with Gasteiger partial charge in [-0.05, 0) is 42.5 Å². The summed E-state index contributed by atoms with van der Waals surface area (Å²) in [6.45, 7) is 0. The van der Waals surface area contributed by atoms with Crippen molar-refractivity contribution >= 4 is 43.3 Å². The highest BCUT2D eigenvalue weighted by Crippen LogP contribution is 2.36. The largest absolute Gasteiger partial charge is 0.492 e. The number of hydrogen-bond donors (Lipinski definition) is 5. The van der Waals surface area contributed by atoms with Gasteiger partial charge in [-0.25, -0.2) is 4.79 Å². The van der Waals surface area contributed by atoms with Gasteiger partial charge < -0.3 is 15.9 Å². The third-order valence-electron chi connectivity index (χ3n) is 3.94. The molecule has 2 aromatic carbocycles. The fraction of sp³-hybridized carbons (Fsp3) is 0. The molecule has 1 aromatic heterocycles. The molecule has 0 aliphatic rings. The van der Waals surface area contributed by atoms with Crippen LogP contribution in [-0.4, -0.2) is 51.9 Å². The third-order valence-corrected chi connectivity index (χ3v) is 5.71. The Kier molecular flexibility index (Phi) is 5.71. The summed E-state index contributed by atoms with van der Waals surface area (Å²) in [6.07, 6.45) is 0. The van der Waals surface area contributed by atoms with E-state index >= 15 is 0 Å². The van der Waals surface area contributed by atoms with E-state index in [1.165, 1.54) is 6.07 Å². The third kappa shape index (κ3) is 4.57. The zero-order valence-electron chi connectivity index (χ0n) is 15.6. The van der Waals surface area contributed by atoms with Crippen molar-refractivity contribution in [2.45, 2.75) is 9.79 Å². The van der Waals surface area contributed by atoms with Gasteiger partial charge in [0.05, 0.1) is 10.6 Å². The van der Waals surface area contributed by atoms with Crippen LogP contribution in [0.2, 0.25) is 0 Å². The molecule has 3 aromatic rings. The molecule has 0 radical (unpaired) electrons. The lowest BCUT2D eigenvalue weighted by Gasteiger charge is -2.04. The zero-order chi connectivity index (χ0) is 23.8. The lowest BCUT2D eigenvalue weighted by atomic mass is 10.3. The lowest BCUT2D eigenvalue weighted by molar-refractivity contribution is 0.0690. The fourth-order valence-electron chi connectivity index (χ4n) is 2.51. The highest BCUT2D eigenvalue weighted by atomic mass is 32.2. The van der Waals surface area contributed by atoms with Crippen molar-refractivity contribution in [3.63, 3.8) is 0 Å². The molecule has 3 rings (SSSR count). The SMILES string of the molecule is Nc1ccc(S(=O)(=O)O)c(/N=N/c2c(C(=O)O)nn(-c3ccc(S(=O)(=O)O)cc3)c2O)c1. The number of nitrogens with zero attached hydrogens (tertiary/aromatic N) is 4. The van der Waals surface area contributed by atoms with Gasteiger partial charge in [-0.15, -0.1) is 10.2 Å². The smallest absolute Gasteiger partial charge is 0.358 e. The van der Waals surface area contributed by atoms with E-state index < -0.39 is 58.9 Å². The molecule has 0 spiro atoms. The molecule has 0 saturated heterocycles. The van der Waals surface area contributed by atoms with Crippen LogP contribution in [0.15, 0.2) is 62.5 Å². The first-order valence-corrected chi connectivity index (χ1v) is 11.1. The van der Waals surface area contributed by atoms with Gasteiger partial charge in [-0.3, -0.25) is 9.11 Å². The van der Waals surface area contributed by atoms with E-state index in [1.807, 2.05) is 0 Å². The first kappa shape index (κ1) is 22.8. The summed E-state index contributed by atoms with van der Waals surface area (Å²) in [6, 6.07) is 7.39. The maximum absolute atomic E-state index is 11.5. The zero-order valence-corrected chi connectivity index (χ0v) is 17.2. The Morgan fingerprint density at radius 2 is 1.59 bits per heavy atom. The second-order valence-electron chi connectivity index (χ2n) is 6.11. The number of benzene rings is 2. The first-order valence-electron chi connectivity index (χ1n) is 8.21. The Bertz CT molecular complexity index is 1460. The Hall–Kier alpha value is -3.86. The van der Waals surface area contributed by atoms with E-state index in [9.17, 15) is 36.4 Å². The normalized spacial score (nSPS) is 12.3. The quantitative estimate of drug-likeness (QED) is 0.192. The Balaban J connectivity index is 2.13. The minimum absolute atomic E-state index is 0.00132. The van der Waals surface area contributed by atoms with Gasteiger partial charge in [0.25, 0.3) is 20.2 Å². The van der Waals surface area contributed by atoms with Gasteiger partial charge in [0.1, 0.15) is 10.6 Å². The number of aromatic hydroxyl groups is 1. The number of nitrogen functional groups attached to an aromatic ring is 1. The number of hydrogen-bond acceptors (Lipinski definition) is 10. The summed E-state index contributed by atoms with van der Waals surface area (Å²) in [5.41, 5.74) is 3.75. The molecule has 0 atom stereocenters. The van der Waals surface area contributed by atoms with E-state index in [1.54, 1.807) is 0 Å². The van der Waals surface area contributed by atoms with E-state index in [2.05, 4.69) is 15.3 Å². The van der Waals surface area contributed by atoms with Crippen LogP contribution in [0.4, 0.5) is 17.1 Å². The summed E-state index contributed by atoms with van der Waals surface area (Å²) in [5.74, 6) is -2.45. The molecular formula is C16H13N5O9S2. The standard InChI is InChI=1S/C16H13N5O9S2/c17-8-1-6-12(32(28,29)30)11(7-8)18-19-13-14(16(23)24)20-21(15(13)22)9-2-4-10(5-3-9)31(25,26)27/h1-7,22H,17H2,(H,23,24)(H,25,26,27)(H,28,29,30)/b19-18+. The molecule has 0 amide bonds. The molecule has 0 bridgehead atoms. The number of nitrogens with two attached hydrogens (primary N) is 1. The van der Waals surface area contributed by atoms with Crippen molar-refractivity contribution < 1.29 is 40.9 Å². The average molecular weight is 483 g/mol. The summed E-state index contributed by atoms with van der Waals surface area (Å²) < 4.78 is 64.3. The summed E-state index contributed by atoms with van der Waals surface area (Å²) in [5, 5.41) is 30.6. The highest BCUT2D eigenvalue weighted by molar-refractivity contribution is 7.86. The monoisotopic (exact) mass is 483 g/mol. The molecule has 0 saturated carbocycles. The Labute approximate surface area is 179 Å². The van der Waals surface area contributed by atoms with Crippen LogP contribution >= 0.6 is 0 Å². The van der Waals surface area contributed by atoms with Crippen molar-refractivity contribution in [2.75, 3.05) is 5.73 Å². The van der Waals surface area contributed by atoms with E-state index in [0.29, 0.717) is 4.68 Å². The van der Waals surface area contributed by atoms with Crippen LogP contribution in [-0.2, 0) is 20.2 Å². The van der Waals surface area contributed by atoms with Crippen molar-refractivity contribution in [1.29, 1.82) is 0 Å². The minimum atomic E-state index is -4.72. The van der Waals surface area contributed by atoms with Crippen LogP contribution in [0.3, 0.4) is 0 Å². The minimum Gasteiger partial charge on any atom is -0.492 e. The van der Waals surface area contributed by atoms with Crippen molar-refractivity contribution in [3.05, 3.63) is 48.2 Å². The van der Waals surface area contributed by atoms with Crippen LogP contribution in [0.5, 0.6) is 5.88 Å². The van der Waals surface area contributed by atoms with Gasteiger partial charge >= 0.3 is 5.97 Å². The van der Waals surface area contributed by atoms with E-state index in [0.717, 1.165) is 36.4 Å². The molecule has 16 heteroatoms. The van der Waals surface area contributed by atoms with Gasteiger partial charge in [-0.2, -0.15) is 26.6 Å². The second kappa shape index (κ2) is 8.00. The van der Waals surface area contributed by atoms with Crippen molar-refractivity contribution in [1.82, 2.24) is 9.78 Å². The van der Waals surface area contributed by atoms with E-state index in [4.69, 9.17) is 10.3 Å². The van der Waals surface area contributed by atoms with Crippen LogP contribution in [0.1, 0.15) is 10.5 Å². The van der Waals surface area contributed by atoms with Gasteiger partial charge in [0.2, 0.25) is 11.6 Å². The molecular weight excluding hydrogens is 470 g/mol. The topological polar surface area (TPSA) is 235 Å². The molecule has 1 heterocycles. The van der Waals surface area contributed by atoms with Crippen molar-refractivity contribution in [2.24, 2.45) is 10.2 Å². The lowest BCUT2D eigenvalue weighted by Crippen LogP contribution is -2.02. The number of aromatic carboxylic acids is 1. The molecule has 32 heavy (non-hydrogen) atoms. The predicted molar refractivity (Wildman–Crippen MR) is 107 cm³/mol. The molecule has 14 nitrogen and oxygen atoms in total. The molecule has 0 aliphatic heterocycles. The second-order valence-corrected chi connectivity index (χ2v) is 8.92. The van der Waals surface area contributed by atoms with Gasteiger partial charge in [-0.1, -0.05) is 0 Å². The Morgan fingerprint density at radius 3 is 2.12 bits per heavy atom. The van der Waals surface area contributed by atoms with Crippen molar-refractivity contribution in [3.8, 4) is 11.6 Å². The number of carbonyl (C=O) groups is 1. The first-order chi connectivity index (χ1) is 14.8. The van der Waals surface area contributed by atoms with Crippen LogP contribution < -0.4 is 5.73 Å². The van der Waals surface area contributed by atoms with Crippen LogP contribution in [0, 0.1) is 0 Å². The number of aromatic nitrogens is 2. The molecule has 168 valence electrons. The molecule has 6 N–H and O–H groups in total. The predicted octanol–water partition coefficient (Wildman–Crippen LogP) is 1.77. The summed E-state index contributed by atoms with van der Waals surface area (Å²) >= 11 is 0. The fourth-order valence-corrected chi connectivity index (χ4v) is 3.60. The summed E-state index contributed by atoms with van der Waals surface area (Å²) in [7, 11) is -9.21.